The molecule has 8 nitrogen and oxygen atoms in total. The Morgan fingerprint density at radius 3 is 2.55 bits per heavy atom. The van der Waals surface area contributed by atoms with Gasteiger partial charge in [-0.25, -0.2) is 4.68 Å². The summed E-state index contributed by atoms with van der Waals surface area (Å²) in [7, 11) is 0. The van der Waals surface area contributed by atoms with Gasteiger partial charge in [0.25, 0.3) is 0 Å². The second-order valence-electron chi connectivity index (χ2n) is 11.8. The minimum absolute atomic E-state index is 0.118. The van der Waals surface area contributed by atoms with E-state index in [4.69, 9.17) is 0 Å². The van der Waals surface area contributed by atoms with Crippen LogP contribution in [-0.2, 0) is 22.7 Å². The van der Waals surface area contributed by atoms with E-state index in [2.05, 4.69) is 35.1 Å². The fraction of sp³-hybridized carbons (Fsp3) is 0.562. The molecule has 3 heterocycles. The highest BCUT2D eigenvalue weighted by Crippen LogP contribution is 2.31. The van der Waals surface area contributed by atoms with Gasteiger partial charge in [-0.05, 0) is 61.9 Å². The summed E-state index contributed by atoms with van der Waals surface area (Å²) in [6.45, 7) is 9.95. The third kappa shape index (κ3) is 6.38. The van der Waals surface area contributed by atoms with Gasteiger partial charge in [-0.1, -0.05) is 62.7 Å². The van der Waals surface area contributed by atoms with Gasteiger partial charge in [0, 0.05) is 50.2 Å². The maximum absolute atomic E-state index is 14.0. The lowest BCUT2D eigenvalue weighted by Gasteiger charge is -2.44. The maximum atomic E-state index is 14.0. The first-order valence-electron chi connectivity index (χ1n) is 15.1. The first-order chi connectivity index (χ1) is 19.4. The Kier molecular flexibility index (Phi) is 9.15. The van der Waals surface area contributed by atoms with E-state index in [1.54, 1.807) is 0 Å². The predicted octanol–water partition coefficient (Wildman–Crippen LogP) is 5.27. The van der Waals surface area contributed by atoms with Crippen LogP contribution in [0.5, 0.6) is 0 Å². The van der Waals surface area contributed by atoms with E-state index in [0.717, 1.165) is 60.9 Å². The van der Waals surface area contributed by atoms with Crippen LogP contribution >= 0.6 is 0 Å². The standard InChI is InChI=1S/C32H44N6O2/c1-4-31(39)37-20-17-26-11-9-12-27(36(26)19-16-24(2)3)23-35(22-25-10-5-7-14-29(25)37)32(40)18-21-38-30-15-8-6-13-28(30)33-34-38/h5-8,10,13-15,24,26-27H,4,9,11-12,16-23H2,1-3H3. The molecule has 3 aromatic rings. The Morgan fingerprint density at radius 2 is 1.73 bits per heavy atom. The smallest absolute Gasteiger partial charge is 0.226 e. The van der Waals surface area contributed by atoms with Crippen molar-refractivity contribution >= 4 is 28.5 Å². The number of carbonyl (C=O) groups excluding carboxylic acids is 2. The van der Waals surface area contributed by atoms with Crippen molar-refractivity contribution < 1.29 is 9.59 Å². The molecular weight excluding hydrogens is 500 g/mol. The van der Waals surface area contributed by atoms with Crippen LogP contribution < -0.4 is 4.90 Å². The number of hydrogen-bond acceptors (Lipinski definition) is 5. The van der Waals surface area contributed by atoms with Gasteiger partial charge < -0.3 is 9.80 Å². The third-order valence-electron chi connectivity index (χ3n) is 8.65. The fourth-order valence-electron chi connectivity index (χ4n) is 6.41. The molecular formula is C32H44N6O2. The lowest BCUT2D eigenvalue weighted by Crippen LogP contribution is -2.53. The van der Waals surface area contributed by atoms with Crippen LogP contribution in [0.15, 0.2) is 48.5 Å². The first-order valence-corrected chi connectivity index (χ1v) is 15.1. The number of carbonyl (C=O) groups is 2. The lowest BCUT2D eigenvalue weighted by molar-refractivity contribution is -0.133. The van der Waals surface area contributed by atoms with E-state index < -0.39 is 0 Å². The summed E-state index contributed by atoms with van der Waals surface area (Å²) < 4.78 is 1.83. The molecule has 2 aromatic carbocycles. The van der Waals surface area contributed by atoms with Gasteiger partial charge in [0.15, 0.2) is 0 Å². The second kappa shape index (κ2) is 12.9. The Labute approximate surface area is 238 Å². The molecule has 0 radical (unpaired) electrons. The molecule has 2 bridgehead atoms. The van der Waals surface area contributed by atoms with Gasteiger partial charge in [-0.2, -0.15) is 0 Å². The Bertz CT molecular complexity index is 1300. The van der Waals surface area contributed by atoms with E-state index in [1.807, 2.05) is 63.9 Å². The van der Waals surface area contributed by atoms with E-state index in [9.17, 15) is 9.59 Å². The maximum Gasteiger partial charge on any atom is 0.226 e. The number of nitrogens with zero attached hydrogens (tertiary/aromatic N) is 6. The number of aryl methyl sites for hydroxylation is 1. The van der Waals surface area contributed by atoms with Crippen LogP contribution in [0, 0.1) is 5.92 Å². The molecule has 2 amide bonds. The molecule has 214 valence electrons. The van der Waals surface area contributed by atoms with Crippen LogP contribution in [0.4, 0.5) is 5.69 Å². The van der Waals surface area contributed by atoms with Crippen LogP contribution in [-0.4, -0.2) is 68.3 Å². The first kappa shape index (κ1) is 28.3. The molecule has 0 spiro atoms. The van der Waals surface area contributed by atoms with Gasteiger partial charge in [0.1, 0.15) is 5.52 Å². The number of fused-ring (bicyclic) bond motifs is 4. The zero-order valence-electron chi connectivity index (χ0n) is 24.3. The molecule has 2 aliphatic heterocycles. The zero-order valence-corrected chi connectivity index (χ0v) is 24.3. The SMILES string of the molecule is CCC(=O)N1CCC2CCCC(CN(C(=O)CCn3nnc4ccccc43)Cc3ccccc31)N2CCC(C)C. The number of rotatable bonds is 7. The molecule has 0 N–H and O–H groups in total. The zero-order chi connectivity index (χ0) is 28.1. The van der Waals surface area contributed by atoms with E-state index in [-0.39, 0.29) is 11.8 Å². The van der Waals surface area contributed by atoms with Crippen LogP contribution in [0.2, 0.25) is 0 Å². The predicted molar refractivity (Wildman–Crippen MR) is 159 cm³/mol. The summed E-state index contributed by atoms with van der Waals surface area (Å²) in [5.41, 5.74) is 3.77. The molecule has 1 aromatic heterocycles. The van der Waals surface area contributed by atoms with Gasteiger partial charge in [-0.15, -0.1) is 5.10 Å². The quantitative estimate of drug-likeness (QED) is 0.405. The van der Waals surface area contributed by atoms with Crippen molar-refractivity contribution in [3.8, 4) is 0 Å². The van der Waals surface area contributed by atoms with Crippen molar-refractivity contribution in [3.63, 3.8) is 0 Å². The summed E-state index contributed by atoms with van der Waals surface area (Å²) in [5, 5.41) is 8.57. The number of aromatic nitrogens is 3. The summed E-state index contributed by atoms with van der Waals surface area (Å²) in [6, 6.07) is 16.8. The second-order valence-corrected chi connectivity index (χ2v) is 11.8. The summed E-state index contributed by atoms with van der Waals surface area (Å²) in [5.74, 6) is 0.883. The molecule has 2 atom stereocenters. The van der Waals surface area contributed by atoms with E-state index in [1.165, 1.54) is 0 Å². The van der Waals surface area contributed by atoms with Crippen LogP contribution in [0.1, 0.15) is 71.3 Å². The largest absolute Gasteiger partial charge is 0.337 e. The average Bonchev–Trinajstić information content (AvgIpc) is 3.38. The average molecular weight is 545 g/mol. The molecule has 40 heavy (non-hydrogen) atoms. The summed E-state index contributed by atoms with van der Waals surface area (Å²) in [6.07, 6.45) is 6.33. The van der Waals surface area contributed by atoms with Crippen molar-refractivity contribution in [1.82, 2.24) is 24.8 Å². The number of hydrogen-bond donors (Lipinski definition) is 0. The Hall–Kier alpha value is -3.26. The number of piperidine rings is 1. The topological polar surface area (TPSA) is 74.6 Å². The van der Waals surface area contributed by atoms with Gasteiger partial charge in [-0.3, -0.25) is 14.5 Å². The molecule has 0 aliphatic carbocycles. The number of benzene rings is 2. The van der Waals surface area contributed by atoms with Crippen molar-refractivity contribution in [2.24, 2.45) is 5.92 Å². The monoisotopic (exact) mass is 544 g/mol. The normalized spacial score (nSPS) is 20.4. The number of para-hydroxylation sites is 2. The Morgan fingerprint density at radius 1 is 0.950 bits per heavy atom. The molecule has 2 aliphatic rings. The highest BCUT2D eigenvalue weighted by molar-refractivity contribution is 5.94. The van der Waals surface area contributed by atoms with Gasteiger partial charge >= 0.3 is 0 Å². The lowest BCUT2D eigenvalue weighted by atomic mass is 9.92. The molecule has 1 fully saturated rings. The fourth-order valence-corrected chi connectivity index (χ4v) is 6.41. The number of anilines is 1. The molecule has 5 rings (SSSR count). The van der Waals surface area contributed by atoms with Crippen molar-refractivity contribution in [1.29, 1.82) is 0 Å². The van der Waals surface area contributed by atoms with Crippen molar-refractivity contribution in [2.75, 3.05) is 24.5 Å². The molecule has 2 unspecified atom stereocenters. The van der Waals surface area contributed by atoms with E-state index >= 15 is 0 Å². The minimum Gasteiger partial charge on any atom is -0.337 e. The highest BCUT2D eigenvalue weighted by atomic mass is 16.2. The number of amides is 2. The van der Waals surface area contributed by atoms with Crippen molar-refractivity contribution in [2.45, 2.75) is 90.9 Å². The van der Waals surface area contributed by atoms with Gasteiger partial charge in [0.2, 0.25) is 11.8 Å². The van der Waals surface area contributed by atoms with Crippen LogP contribution in [0.3, 0.4) is 0 Å². The van der Waals surface area contributed by atoms with E-state index in [0.29, 0.717) is 57.0 Å². The molecule has 0 saturated carbocycles. The van der Waals surface area contributed by atoms with Crippen molar-refractivity contribution in [3.05, 3.63) is 54.1 Å². The molecule has 8 heteroatoms. The Balaban J connectivity index is 1.45. The van der Waals surface area contributed by atoms with Gasteiger partial charge in [0.05, 0.1) is 12.1 Å². The third-order valence-corrected chi connectivity index (χ3v) is 8.65. The highest BCUT2D eigenvalue weighted by Gasteiger charge is 2.34. The van der Waals surface area contributed by atoms with Crippen LogP contribution in [0.25, 0.3) is 11.0 Å². The summed E-state index contributed by atoms with van der Waals surface area (Å²) in [4.78, 5) is 33.9. The molecule has 1 saturated heterocycles. The summed E-state index contributed by atoms with van der Waals surface area (Å²) >= 11 is 0. The minimum atomic E-state index is 0.118.